The Morgan fingerprint density at radius 2 is 1.83 bits per heavy atom. The maximum Gasteiger partial charge on any atom is 0.0424 e. The summed E-state index contributed by atoms with van der Waals surface area (Å²) in [5, 5.41) is 3.46. The molecule has 94 valence electrons. The largest absolute Gasteiger partial charge is 0.381 e. The standard InChI is InChI=1S/C15H17BrN2/c16-13-7-4-8-14(10-13)18-15(11-17)9-12-5-2-1-3-6-12/h1-8,10,15,18H,9,11,17H2. The molecule has 1 atom stereocenters. The molecule has 2 aromatic carbocycles. The summed E-state index contributed by atoms with van der Waals surface area (Å²) in [5.74, 6) is 0. The zero-order valence-electron chi connectivity index (χ0n) is 10.1. The van der Waals surface area contributed by atoms with Gasteiger partial charge >= 0.3 is 0 Å². The lowest BCUT2D eigenvalue weighted by Crippen LogP contribution is -2.30. The minimum Gasteiger partial charge on any atom is -0.381 e. The molecule has 2 rings (SSSR count). The Balaban J connectivity index is 2.01. The van der Waals surface area contributed by atoms with E-state index in [4.69, 9.17) is 5.73 Å². The van der Waals surface area contributed by atoms with E-state index < -0.39 is 0 Å². The van der Waals surface area contributed by atoms with Crippen molar-refractivity contribution in [1.29, 1.82) is 0 Å². The lowest BCUT2D eigenvalue weighted by Gasteiger charge is -2.18. The molecule has 0 saturated carbocycles. The van der Waals surface area contributed by atoms with Crippen LogP contribution >= 0.6 is 15.9 Å². The summed E-state index contributed by atoms with van der Waals surface area (Å²) in [6, 6.07) is 18.8. The zero-order chi connectivity index (χ0) is 12.8. The van der Waals surface area contributed by atoms with Gasteiger partial charge in [0.15, 0.2) is 0 Å². The van der Waals surface area contributed by atoms with Crippen LogP contribution in [0, 0.1) is 0 Å². The third-order valence-electron chi connectivity index (χ3n) is 2.80. The van der Waals surface area contributed by atoms with Crippen LogP contribution < -0.4 is 11.1 Å². The fourth-order valence-electron chi connectivity index (χ4n) is 1.91. The van der Waals surface area contributed by atoms with Crippen LogP contribution in [0.25, 0.3) is 0 Å². The van der Waals surface area contributed by atoms with Gasteiger partial charge in [0.2, 0.25) is 0 Å². The van der Waals surface area contributed by atoms with Crippen LogP contribution in [0.5, 0.6) is 0 Å². The SMILES string of the molecule is NCC(Cc1ccccc1)Nc1cccc(Br)c1. The van der Waals surface area contributed by atoms with Crippen LogP contribution in [0.1, 0.15) is 5.56 Å². The van der Waals surface area contributed by atoms with Gasteiger partial charge in [-0.3, -0.25) is 0 Å². The van der Waals surface area contributed by atoms with Crippen LogP contribution in [0.15, 0.2) is 59.1 Å². The fraction of sp³-hybridized carbons (Fsp3) is 0.200. The van der Waals surface area contributed by atoms with E-state index in [1.807, 2.05) is 18.2 Å². The molecule has 0 aliphatic rings. The molecule has 2 aromatic rings. The molecule has 0 fully saturated rings. The summed E-state index contributed by atoms with van der Waals surface area (Å²) in [6.45, 7) is 0.613. The molecule has 0 bridgehead atoms. The van der Waals surface area contributed by atoms with E-state index in [0.29, 0.717) is 6.54 Å². The first-order chi connectivity index (χ1) is 8.78. The molecule has 3 N–H and O–H groups in total. The molecule has 0 aromatic heterocycles. The number of hydrogen-bond acceptors (Lipinski definition) is 2. The first-order valence-corrected chi connectivity index (χ1v) is 6.83. The van der Waals surface area contributed by atoms with Crippen LogP contribution in [0.3, 0.4) is 0 Å². The predicted octanol–water partition coefficient (Wildman–Crippen LogP) is 3.43. The van der Waals surface area contributed by atoms with Gasteiger partial charge in [0.1, 0.15) is 0 Å². The number of benzene rings is 2. The summed E-state index contributed by atoms with van der Waals surface area (Å²) < 4.78 is 1.07. The van der Waals surface area contributed by atoms with E-state index in [1.54, 1.807) is 0 Å². The molecule has 0 heterocycles. The van der Waals surface area contributed by atoms with E-state index in [2.05, 4.69) is 57.6 Å². The molecule has 0 aliphatic carbocycles. The normalized spacial score (nSPS) is 12.1. The van der Waals surface area contributed by atoms with Crippen molar-refractivity contribution < 1.29 is 0 Å². The average Bonchev–Trinajstić information content (AvgIpc) is 2.39. The molecule has 0 amide bonds. The van der Waals surface area contributed by atoms with Crippen molar-refractivity contribution in [2.45, 2.75) is 12.5 Å². The third-order valence-corrected chi connectivity index (χ3v) is 3.30. The van der Waals surface area contributed by atoms with Gasteiger partial charge < -0.3 is 11.1 Å². The highest BCUT2D eigenvalue weighted by atomic mass is 79.9. The van der Waals surface area contributed by atoms with E-state index in [0.717, 1.165) is 16.6 Å². The highest BCUT2D eigenvalue weighted by molar-refractivity contribution is 9.10. The zero-order valence-corrected chi connectivity index (χ0v) is 11.7. The highest BCUT2D eigenvalue weighted by Crippen LogP contribution is 2.17. The van der Waals surface area contributed by atoms with E-state index in [9.17, 15) is 0 Å². The fourth-order valence-corrected chi connectivity index (χ4v) is 2.31. The summed E-state index contributed by atoms with van der Waals surface area (Å²) in [5.41, 5.74) is 8.23. The number of halogens is 1. The number of nitrogens with two attached hydrogens (primary N) is 1. The van der Waals surface area contributed by atoms with E-state index in [-0.39, 0.29) is 6.04 Å². The van der Waals surface area contributed by atoms with Crippen molar-refractivity contribution in [1.82, 2.24) is 0 Å². The van der Waals surface area contributed by atoms with Gasteiger partial charge in [-0.05, 0) is 30.2 Å². The minimum absolute atomic E-state index is 0.252. The molecular weight excluding hydrogens is 288 g/mol. The Hall–Kier alpha value is -1.32. The molecule has 18 heavy (non-hydrogen) atoms. The molecule has 0 aliphatic heterocycles. The Labute approximate surface area is 116 Å². The average molecular weight is 305 g/mol. The topological polar surface area (TPSA) is 38.0 Å². The molecule has 0 saturated heterocycles. The van der Waals surface area contributed by atoms with Crippen LogP contribution in [-0.4, -0.2) is 12.6 Å². The maximum absolute atomic E-state index is 5.83. The van der Waals surface area contributed by atoms with E-state index >= 15 is 0 Å². The quantitative estimate of drug-likeness (QED) is 0.888. The number of anilines is 1. The second kappa shape index (κ2) is 6.57. The summed E-state index contributed by atoms with van der Waals surface area (Å²) in [7, 11) is 0. The first-order valence-electron chi connectivity index (χ1n) is 6.04. The molecule has 0 radical (unpaired) electrons. The van der Waals surface area contributed by atoms with Gasteiger partial charge in [0.25, 0.3) is 0 Å². The van der Waals surface area contributed by atoms with Gasteiger partial charge in [-0.25, -0.2) is 0 Å². The second-order valence-corrected chi connectivity index (χ2v) is 5.19. The summed E-state index contributed by atoms with van der Waals surface area (Å²) in [6.07, 6.45) is 0.934. The van der Waals surface area contributed by atoms with E-state index in [1.165, 1.54) is 5.56 Å². The second-order valence-electron chi connectivity index (χ2n) is 4.28. The Bertz CT molecular complexity index is 485. The van der Waals surface area contributed by atoms with Crippen molar-refractivity contribution in [2.75, 3.05) is 11.9 Å². The van der Waals surface area contributed by atoms with Crippen molar-refractivity contribution >= 4 is 21.6 Å². The number of nitrogens with one attached hydrogen (secondary N) is 1. The van der Waals surface area contributed by atoms with Crippen LogP contribution in [0.4, 0.5) is 5.69 Å². The Morgan fingerprint density at radius 1 is 1.06 bits per heavy atom. The summed E-state index contributed by atoms with van der Waals surface area (Å²) >= 11 is 3.47. The van der Waals surface area contributed by atoms with Crippen LogP contribution in [-0.2, 0) is 6.42 Å². The van der Waals surface area contributed by atoms with Gasteiger partial charge in [0, 0.05) is 22.7 Å². The maximum atomic E-state index is 5.83. The lowest BCUT2D eigenvalue weighted by molar-refractivity contribution is 0.724. The van der Waals surface area contributed by atoms with Gasteiger partial charge in [-0.2, -0.15) is 0 Å². The number of hydrogen-bond donors (Lipinski definition) is 2. The Kier molecular flexibility index (Phi) is 4.79. The molecule has 0 spiro atoms. The molecule has 1 unspecified atom stereocenters. The predicted molar refractivity (Wildman–Crippen MR) is 80.8 cm³/mol. The first kappa shape index (κ1) is 13.1. The van der Waals surface area contributed by atoms with Crippen molar-refractivity contribution in [3.63, 3.8) is 0 Å². The molecular formula is C15H17BrN2. The minimum atomic E-state index is 0.252. The molecule has 3 heteroatoms. The van der Waals surface area contributed by atoms with Crippen LogP contribution in [0.2, 0.25) is 0 Å². The van der Waals surface area contributed by atoms with Crippen molar-refractivity contribution in [3.05, 3.63) is 64.6 Å². The summed E-state index contributed by atoms with van der Waals surface area (Å²) in [4.78, 5) is 0. The van der Waals surface area contributed by atoms with Crippen molar-refractivity contribution in [3.8, 4) is 0 Å². The Morgan fingerprint density at radius 3 is 2.50 bits per heavy atom. The molecule has 2 nitrogen and oxygen atoms in total. The highest BCUT2D eigenvalue weighted by Gasteiger charge is 2.07. The van der Waals surface area contributed by atoms with Gasteiger partial charge in [0.05, 0.1) is 0 Å². The van der Waals surface area contributed by atoms with Crippen molar-refractivity contribution in [2.24, 2.45) is 5.73 Å². The third kappa shape index (κ3) is 3.86. The smallest absolute Gasteiger partial charge is 0.0424 e. The lowest BCUT2D eigenvalue weighted by atomic mass is 10.1. The van der Waals surface area contributed by atoms with Gasteiger partial charge in [-0.1, -0.05) is 52.3 Å². The number of rotatable bonds is 5. The van der Waals surface area contributed by atoms with Gasteiger partial charge in [-0.15, -0.1) is 0 Å². The monoisotopic (exact) mass is 304 g/mol.